The van der Waals surface area contributed by atoms with E-state index in [9.17, 15) is 9.59 Å². The number of amides is 2. The van der Waals surface area contributed by atoms with Gasteiger partial charge in [0.05, 0.1) is 6.10 Å². The molecule has 0 aromatic heterocycles. The summed E-state index contributed by atoms with van der Waals surface area (Å²) in [6.45, 7) is 2.46. The van der Waals surface area contributed by atoms with Crippen molar-refractivity contribution >= 4 is 17.5 Å². The lowest BCUT2D eigenvalue weighted by atomic mass is 9.94. The lowest BCUT2D eigenvalue weighted by Gasteiger charge is -2.18. The smallest absolute Gasteiger partial charge is 0.313 e. The second kappa shape index (κ2) is 8.48. The number of carbonyl (C=O) groups excluding carboxylic acids is 2. The summed E-state index contributed by atoms with van der Waals surface area (Å²) >= 11 is 0. The van der Waals surface area contributed by atoms with E-state index in [0.717, 1.165) is 24.8 Å². The number of nitrogens with one attached hydrogen (secondary N) is 2. The quantitative estimate of drug-likeness (QED) is 0.648. The van der Waals surface area contributed by atoms with E-state index in [-0.39, 0.29) is 6.10 Å². The fourth-order valence-corrected chi connectivity index (χ4v) is 2.55. The van der Waals surface area contributed by atoms with E-state index in [2.05, 4.69) is 22.8 Å². The molecule has 23 heavy (non-hydrogen) atoms. The Bertz CT molecular complexity index is 583. The molecule has 1 aromatic rings. The number of methoxy groups -OCH3 is 1. The van der Waals surface area contributed by atoms with E-state index in [1.807, 2.05) is 25.1 Å². The summed E-state index contributed by atoms with van der Waals surface area (Å²) < 4.78 is 5.25. The molecule has 2 amide bonds. The molecular formula is C18H24N2O3. The topological polar surface area (TPSA) is 67.4 Å². The average Bonchev–Trinajstić information content (AvgIpc) is 2.60. The zero-order valence-electron chi connectivity index (χ0n) is 13.7. The second-order valence-corrected chi connectivity index (χ2v) is 5.82. The Morgan fingerprint density at radius 1 is 1.30 bits per heavy atom. The van der Waals surface area contributed by atoms with Crippen LogP contribution in [0.3, 0.4) is 0 Å². The molecule has 0 bridgehead atoms. The first-order chi connectivity index (χ1) is 11.1. The van der Waals surface area contributed by atoms with E-state index in [1.54, 1.807) is 13.2 Å². The molecule has 2 atom stereocenters. The summed E-state index contributed by atoms with van der Waals surface area (Å²) in [5.41, 5.74) is 1.53. The molecule has 0 aliphatic heterocycles. The first kappa shape index (κ1) is 17.2. The van der Waals surface area contributed by atoms with Gasteiger partial charge in [-0.1, -0.05) is 24.3 Å². The van der Waals surface area contributed by atoms with Crippen LogP contribution in [0.4, 0.5) is 5.69 Å². The number of hydrogen-bond acceptors (Lipinski definition) is 3. The van der Waals surface area contributed by atoms with Gasteiger partial charge >= 0.3 is 11.8 Å². The minimum absolute atomic E-state index is 0.0694. The molecule has 124 valence electrons. The van der Waals surface area contributed by atoms with E-state index in [4.69, 9.17) is 4.74 Å². The van der Waals surface area contributed by atoms with E-state index < -0.39 is 11.8 Å². The minimum atomic E-state index is -0.640. The van der Waals surface area contributed by atoms with Crippen molar-refractivity contribution in [3.63, 3.8) is 0 Å². The molecule has 0 saturated heterocycles. The van der Waals surface area contributed by atoms with Gasteiger partial charge in [-0.05, 0) is 49.8 Å². The first-order valence-corrected chi connectivity index (χ1v) is 7.97. The van der Waals surface area contributed by atoms with Crippen LogP contribution in [0.25, 0.3) is 0 Å². The maximum atomic E-state index is 12.0. The van der Waals surface area contributed by atoms with Crippen LogP contribution >= 0.6 is 0 Å². The SMILES string of the molecule is CO[C@H](C)c1cccc(NC(=O)C(=O)NC[C@H]2CC=CCC2)c1. The average molecular weight is 316 g/mol. The number of anilines is 1. The van der Waals surface area contributed by atoms with Gasteiger partial charge in [0.2, 0.25) is 0 Å². The van der Waals surface area contributed by atoms with Gasteiger partial charge in [-0.25, -0.2) is 0 Å². The van der Waals surface area contributed by atoms with E-state index >= 15 is 0 Å². The Kier molecular flexibility index (Phi) is 6.35. The summed E-state index contributed by atoms with van der Waals surface area (Å²) in [5, 5.41) is 5.34. The van der Waals surface area contributed by atoms with Crippen molar-refractivity contribution in [1.82, 2.24) is 5.32 Å². The fraction of sp³-hybridized carbons (Fsp3) is 0.444. The van der Waals surface area contributed by atoms with Gasteiger partial charge in [-0.2, -0.15) is 0 Å². The largest absolute Gasteiger partial charge is 0.377 e. The fourth-order valence-electron chi connectivity index (χ4n) is 2.55. The van der Waals surface area contributed by atoms with Crippen LogP contribution in [-0.4, -0.2) is 25.5 Å². The van der Waals surface area contributed by atoms with Crippen molar-refractivity contribution in [2.45, 2.75) is 32.3 Å². The van der Waals surface area contributed by atoms with Gasteiger partial charge < -0.3 is 15.4 Å². The molecule has 1 aliphatic rings. The molecule has 5 heteroatoms. The third-order valence-electron chi connectivity index (χ3n) is 4.10. The molecule has 2 rings (SSSR count). The lowest BCUT2D eigenvalue weighted by Crippen LogP contribution is -2.38. The molecule has 2 N–H and O–H groups in total. The number of allylic oxidation sites excluding steroid dienone is 2. The van der Waals surface area contributed by atoms with Crippen LogP contribution in [0.5, 0.6) is 0 Å². The van der Waals surface area contributed by atoms with Crippen LogP contribution in [0.1, 0.15) is 37.9 Å². The summed E-state index contributed by atoms with van der Waals surface area (Å²) in [6, 6.07) is 7.31. The zero-order chi connectivity index (χ0) is 16.7. The highest BCUT2D eigenvalue weighted by molar-refractivity contribution is 6.39. The van der Waals surface area contributed by atoms with Gasteiger partial charge in [-0.3, -0.25) is 9.59 Å². The normalized spacial score (nSPS) is 18.3. The van der Waals surface area contributed by atoms with Crippen LogP contribution in [0.15, 0.2) is 36.4 Å². The maximum Gasteiger partial charge on any atom is 0.313 e. The first-order valence-electron chi connectivity index (χ1n) is 7.97. The third-order valence-corrected chi connectivity index (χ3v) is 4.10. The molecule has 0 spiro atoms. The number of ether oxygens (including phenoxy) is 1. The predicted octanol–water partition coefficient (Wildman–Crippen LogP) is 2.81. The number of hydrogen-bond donors (Lipinski definition) is 2. The highest BCUT2D eigenvalue weighted by Gasteiger charge is 2.17. The molecule has 0 fully saturated rings. The highest BCUT2D eigenvalue weighted by atomic mass is 16.5. The van der Waals surface area contributed by atoms with Crippen LogP contribution in [0.2, 0.25) is 0 Å². The zero-order valence-corrected chi connectivity index (χ0v) is 13.7. The second-order valence-electron chi connectivity index (χ2n) is 5.82. The van der Waals surface area contributed by atoms with E-state index in [1.165, 1.54) is 0 Å². The number of benzene rings is 1. The molecule has 1 aromatic carbocycles. The molecular weight excluding hydrogens is 292 g/mol. The van der Waals surface area contributed by atoms with Crippen LogP contribution in [0, 0.1) is 5.92 Å². The van der Waals surface area contributed by atoms with Gasteiger partial charge in [-0.15, -0.1) is 0 Å². The number of rotatable bonds is 5. The van der Waals surface area contributed by atoms with Crippen molar-refractivity contribution in [2.24, 2.45) is 5.92 Å². The Morgan fingerprint density at radius 3 is 2.83 bits per heavy atom. The Morgan fingerprint density at radius 2 is 2.13 bits per heavy atom. The van der Waals surface area contributed by atoms with Gasteiger partial charge in [0.15, 0.2) is 0 Å². The van der Waals surface area contributed by atoms with Gasteiger partial charge in [0, 0.05) is 19.3 Å². The summed E-state index contributed by atoms with van der Waals surface area (Å²) in [5.74, 6) is -0.814. The number of carbonyl (C=O) groups is 2. The molecule has 0 saturated carbocycles. The monoisotopic (exact) mass is 316 g/mol. The van der Waals surface area contributed by atoms with Crippen molar-refractivity contribution < 1.29 is 14.3 Å². The standard InChI is InChI=1S/C18H24N2O3/c1-13(23-2)15-9-6-10-16(11-15)20-18(22)17(21)19-12-14-7-4-3-5-8-14/h3-4,6,9-11,13-14H,5,7-8,12H2,1-2H3,(H,19,21)(H,20,22)/t13-,14+/m1/s1. The lowest BCUT2D eigenvalue weighted by molar-refractivity contribution is -0.136. The molecule has 0 heterocycles. The van der Waals surface area contributed by atoms with Crippen molar-refractivity contribution in [3.05, 3.63) is 42.0 Å². The summed E-state index contributed by atoms with van der Waals surface area (Å²) in [7, 11) is 1.63. The summed E-state index contributed by atoms with van der Waals surface area (Å²) in [6.07, 6.45) is 7.26. The third kappa shape index (κ3) is 5.21. The Balaban J connectivity index is 1.85. The maximum absolute atomic E-state index is 12.0. The van der Waals surface area contributed by atoms with Crippen molar-refractivity contribution in [3.8, 4) is 0 Å². The van der Waals surface area contributed by atoms with Crippen molar-refractivity contribution in [2.75, 3.05) is 19.0 Å². The Labute approximate surface area is 137 Å². The molecule has 0 radical (unpaired) electrons. The minimum Gasteiger partial charge on any atom is -0.377 e. The molecule has 1 aliphatic carbocycles. The van der Waals surface area contributed by atoms with Crippen LogP contribution < -0.4 is 10.6 Å². The van der Waals surface area contributed by atoms with Crippen molar-refractivity contribution in [1.29, 1.82) is 0 Å². The van der Waals surface area contributed by atoms with Gasteiger partial charge in [0.25, 0.3) is 0 Å². The highest BCUT2D eigenvalue weighted by Crippen LogP contribution is 2.19. The Hall–Kier alpha value is -2.14. The molecule has 5 nitrogen and oxygen atoms in total. The van der Waals surface area contributed by atoms with Gasteiger partial charge in [0.1, 0.15) is 0 Å². The predicted molar refractivity (Wildman–Crippen MR) is 90.0 cm³/mol. The van der Waals surface area contributed by atoms with E-state index in [0.29, 0.717) is 18.2 Å². The summed E-state index contributed by atoms with van der Waals surface area (Å²) in [4.78, 5) is 23.9. The molecule has 0 unspecified atom stereocenters. The van der Waals surface area contributed by atoms with Crippen LogP contribution in [-0.2, 0) is 14.3 Å².